The van der Waals surface area contributed by atoms with Crippen LogP contribution in [0, 0.1) is 0 Å². The normalized spacial score (nSPS) is 15.0. The third-order valence-electron chi connectivity index (χ3n) is 18.8. The maximum atomic E-state index is 6.82. The number of thiophene rings is 1. The Kier molecular flexibility index (Phi) is 11.8. The molecule has 3 aliphatic rings. The number of hydrogen-bond donors (Lipinski definition) is 0. The van der Waals surface area contributed by atoms with Gasteiger partial charge < -0.3 is 19.1 Å². The van der Waals surface area contributed by atoms with Crippen LogP contribution in [0.2, 0.25) is 0 Å². The molecule has 0 bridgehead atoms. The third kappa shape index (κ3) is 8.30. The van der Waals surface area contributed by atoms with E-state index < -0.39 is 0 Å². The van der Waals surface area contributed by atoms with Crippen LogP contribution in [0.15, 0.2) is 223 Å². The van der Waals surface area contributed by atoms with E-state index in [0.717, 1.165) is 80.2 Å². The molecule has 2 aromatic heterocycles. The number of fused-ring (bicyclic) bond motifs is 10. The quantitative estimate of drug-likeness (QED) is 0.148. The van der Waals surface area contributed by atoms with Crippen molar-refractivity contribution in [2.45, 2.75) is 104 Å². The van der Waals surface area contributed by atoms with Gasteiger partial charge >= 0.3 is 0 Å². The van der Waals surface area contributed by atoms with Gasteiger partial charge in [0.25, 0.3) is 6.71 Å². The van der Waals surface area contributed by atoms with E-state index in [4.69, 9.17) is 4.42 Å². The van der Waals surface area contributed by atoms with Gasteiger partial charge in [-0.3, -0.25) is 0 Å². The summed E-state index contributed by atoms with van der Waals surface area (Å²) in [7, 11) is 0. The molecule has 0 N–H and O–H groups in total. The van der Waals surface area contributed by atoms with Crippen molar-refractivity contribution in [2.24, 2.45) is 0 Å². The highest BCUT2D eigenvalue weighted by molar-refractivity contribution is 7.33. The molecule has 0 atom stereocenters. The standard InChI is InChI=1S/C78H70BN3OS/c1-75(2,3)52-32-35-54(36-33-52)81-66-44-51(49-22-13-11-14-23-49)45-67-72(66)79(74-73(81)59-46-53(76(4,5)6)34-41-70(59)84-74)62-40-38-56(48-65(62)82(67)64-29-21-31-69-71(64)58-27-18-20-30-68(58)83-69)80(63-28-19-17-26-57(63)50-24-15-12-16-25-50)55-37-39-60-61(47-55)78(9,10)43-42-77(60,7)8/h11-41,44-48H,42-43H2,1-10H3. The highest BCUT2D eigenvalue weighted by Crippen LogP contribution is 2.54. The molecule has 0 saturated heterocycles. The van der Waals surface area contributed by atoms with Gasteiger partial charge in [-0.15, -0.1) is 11.3 Å². The average Bonchev–Trinajstić information content (AvgIpc) is 1.60. The summed E-state index contributed by atoms with van der Waals surface area (Å²) >= 11 is 1.96. The SMILES string of the molecule is CC(C)(C)c1ccc(N2c3cc(-c4ccccc4)cc4c3B(c3ccc(N(c5ccc6c(c5)C(C)(C)CCC6(C)C)c5ccccc5-c5ccccc5)cc3N4c3cccc4oc5ccccc5c34)c3sc4ccc(C(C)(C)C)cc4c32)cc1. The summed E-state index contributed by atoms with van der Waals surface area (Å²) < 4.78 is 9.46. The van der Waals surface area contributed by atoms with E-state index in [1.165, 1.54) is 76.1 Å². The van der Waals surface area contributed by atoms with Crippen LogP contribution in [0.4, 0.5) is 51.2 Å². The zero-order valence-corrected chi connectivity index (χ0v) is 50.8. The molecule has 10 aromatic carbocycles. The van der Waals surface area contributed by atoms with Crippen LogP contribution in [-0.2, 0) is 21.7 Å². The Balaban J connectivity index is 1.07. The zero-order chi connectivity index (χ0) is 57.6. The summed E-state index contributed by atoms with van der Waals surface area (Å²) in [5, 5.41) is 3.48. The van der Waals surface area contributed by atoms with Gasteiger partial charge in [0.1, 0.15) is 11.2 Å². The minimum absolute atomic E-state index is 0.00115. The fourth-order valence-electron chi connectivity index (χ4n) is 14.1. The molecule has 12 aromatic rings. The summed E-state index contributed by atoms with van der Waals surface area (Å²) in [6, 6.07) is 82.6. The van der Waals surface area contributed by atoms with E-state index in [0.29, 0.717) is 0 Å². The number of anilines is 9. The fourth-order valence-corrected chi connectivity index (χ4v) is 15.4. The second-order valence-corrected chi connectivity index (χ2v) is 28.3. The molecule has 412 valence electrons. The highest BCUT2D eigenvalue weighted by atomic mass is 32.1. The number of nitrogens with zero attached hydrogens (tertiary/aromatic N) is 3. The number of benzene rings is 10. The van der Waals surface area contributed by atoms with Gasteiger partial charge in [0.05, 0.1) is 22.4 Å². The van der Waals surface area contributed by atoms with Crippen LogP contribution in [0.25, 0.3) is 54.3 Å². The Hall–Kier alpha value is -8.58. The van der Waals surface area contributed by atoms with Gasteiger partial charge in [-0.25, -0.2) is 0 Å². The van der Waals surface area contributed by atoms with Crippen LogP contribution in [-0.4, -0.2) is 6.71 Å². The van der Waals surface area contributed by atoms with Crippen LogP contribution >= 0.6 is 11.3 Å². The van der Waals surface area contributed by atoms with E-state index in [2.05, 4.69) is 302 Å². The number of hydrogen-bond acceptors (Lipinski definition) is 5. The number of furan rings is 1. The summed E-state index contributed by atoms with van der Waals surface area (Å²) in [4.78, 5) is 7.79. The van der Waals surface area contributed by atoms with Crippen molar-refractivity contribution < 1.29 is 4.42 Å². The Morgan fingerprint density at radius 1 is 0.476 bits per heavy atom. The van der Waals surface area contributed by atoms with Crippen molar-refractivity contribution >= 4 is 117 Å². The minimum Gasteiger partial charge on any atom is -0.456 e. The minimum atomic E-state index is -0.104. The topological polar surface area (TPSA) is 22.9 Å². The number of para-hydroxylation sites is 2. The largest absolute Gasteiger partial charge is 0.456 e. The summed E-state index contributed by atoms with van der Waals surface area (Å²) in [6.45, 7) is 23.6. The molecule has 15 rings (SSSR count). The molecular formula is C78H70BN3OS. The predicted molar refractivity (Wildman–Crippen MR) is 361 cm³/mol. The average molecular weight is 1110 g/mol. The molecule has 0 fully saturated rings. The van der Waals surface area contributed by atoms with E-state index in [1.807, 2.05) is 11.3 Å². The van der Waals surface area contributed by atoms with Crippen molar-refractivity contribution in [3.8, 4) is 22.3 Å². The van der Waals surface area contributed by atoms with Gasteiger partial charge in [-0.05, 0) is 169 Å². The Morgan fingerprint density at radius 3 is 1.83 bits per heavy atom. The Bertz CT molecular complexity index is 4590. The van der Waals surface area contributed by atoms with Crippen molar-refractivity contribution in [3.05, 3.63) is 241 Å². The van der Waals surface area contributed by atoms with E-state index in [1.54, 1.807) is 0 Å². The molecule has 0 unspecified atom stereocenters. The molecule has 4 heterocycles. The van der Waals surface area contributed by atoms with Gasteiger partial charge in [0.2, 0.25) is 0 Å². The highest BCUT2D eigenvalue weighted by Gasteiger charge is 2.47. The van der Waals surface area contributed by atoms with E-state index in [9.17, 15) is 0 Å². The van der Waals surface area contributed by atoms with Crippen LogP contribution in [0.3, 0.4) is 0 Å². The molecule has 6 heteroatoms. The molecular weight excluding hydrogens is 1040 g/mol. The first-order valence-corrected chi connectivity index (χ1v) is 30.9. The lowest BCUT2D eigenvalue weighted by Crippen LogP contribution is -2.60. The van der Waals surface area contributed by atoms with Gasteiger partial charge in [0, 0.05) is 59.9 Å². The van der Waals surface area contributed by atoms with Gasteiger partial charge in [0.15, 0.2) is 0 Å². The van der Waals surface area contributed by atoms with Crippen molar-refractivity contribution in [2.75, 3.05) is 14.7 Å². The Labute approximate surface area is 499 Å². The predicted octanol–water partition coefficient (Wildman–Crippen LogP) is 20.6. The van der Waals surface area contributed by atoms with Crippen LogP contribution in [0.1, 0.15) is 104 Å². The van der Waals surface area contributed by atoms with Crippen molar-refractivity contribution in [1.29, 1.82) is 0 Å². The molecule has 0 saturated carbocycles. The maximum Gasteiger partial charge on any atom is 0.264 e. The van der Waals surface area contributed by atoms with Crippen LogP contribution < -0.4 is 30.4 Å². The molecule has 2 aliphatic heterocycles. The Morgan fingerprint density at radius 2 is 1.10 bits per heavy atom. The third-order valence-corrected chi connectivity index (χ3v) is 20.0. The lowest BCUT2D eigenvalue weighted by atomic mass is 9.36. The molecule has 0 radical (unpaired) electrons. The van der Waals surface area contributed by atoms with Crippen LogP contribution in [0.5, 0.6) is 0 Å². The zero-order valence-electron chi connectivity index (χ0n) is 49.9. The first-order chi connectivity index (χ1) is 40.4. The first kappa shape index (κ1) is 52.2. The molecule has 4 nitrogen and oxygen atoms in total. The fraction of sp³-hybridized carbons (Fsp3) is 0.205. The van der Waals surface area contributed by atoms with Gasteiger partial charge in [-0.1, -0.05) is 203 Å². The van der Waals surface area contributed by atoms with E-state index >= 15 is 0 Å². The lowest BCUT2D eigenvalue weighted by molar-refractivity contribution is 0.332. The monoisotopic (exact) mass is 1110 g/mol. The maximum absolute atomic E-state index is 6.82. The van der Waals surface area contributed by atoms with Gasteiger partial charge in [-0.2, -0.15) is 0 Å². The first-order valence-electron chi connectivity index (χ1n) is 30.1. The van der Waals surface area contributed by atoms with Crippen molar-refractivity contribution in [1.82, 2.24) is 0 Å². The molecule has 1 aliphatic carbocycles. The second kappa shape index (κ2) is 19.0. The molecule has 0 amide bonds. The summed E-state index contributed by atoms with van der Waals surface area (Å²) in [6.07, 6.45) is 2.28. The smallest absolute Gasteiger partial charge is 0.264 e. The van der Waals surface area contributed by atoms with E-state index in [-0.39, 0.29) is 28.4 Å². The number of rotatable bonds is 7. The summed E-state index contributed by atoms with van der Waals surface area (Å²) in [5.74, 6) is 0. The molecule has 0 spiro atoms. The second-order valence-electron chi connectivity index (χ2n) is 27.2. The summed E-state index contributed by atoms with van der Waals surface area (Å²) in [5.41, 5.74) is 24.8. The van der Waals surface area contributed by atoms with Crippen molar-refractivity contribution in [3.63, 3.8) is 0 Å². The lowest BCUT2D eigenvalue weighted by Gasteiger charge is -2.44. The molecule has 84 heavy (non-hydrogen) atoms.